The first-order chi connectivity index (χ1) is 11.8. The second-order valence-corrected chi connectivity index (χ2v) is 5.62. The van der Waals surface area contributed by atoms with Gasteiger partial charge in [-0.1, -0.05) is 12.1 Å². The Kier molecular flexibility index (Phi) is 9.98. The highest BCUT2D eigenvalue weighted by molar-refractivity contribution is 5.91. The van der Waals surface area contributed by atoms with Crippen molar-refractivity contribution in [2.24, 2.45) is 0 Å². The van der Waals surface area contributed by atoms with Crippen LogP contribution in [0.25, 0.3) is 0 Å². The molecular weight excluding hydrogens is 377 g/mol. The Balaban J connectivity index is 0.00000169. The summed E-state index contributed by atoms with van der Waals surface area (Å²) in [7, 11) is 0. The van der Waals surface area contributed by atoms with Gasteiger partial charge >= 0.3 is 0 Å². The number of hydrogen-bond donors (Lipinski definition) is 2. The first-order valence-corrected chi connectivity index (χ1v) is 8.03. The van der Waals surface area contributed by atoms with Crippen molar-refractivity contribution >= 4 is 36.4 Å². The molecule has 1 unspecified atom stereocenters. The molecule has 1 atom stereocenters. The molecule has 2 aromatic rings. The second kappa shape index (κ2) is 11.7. The monoisotopic (exact) mass is 399 g/mol. The number of nitrogens with one attached hydrogen (secondary N) is 2. The average Bonchev–Trinajstić information content (AvgIpc) is 2.62. The van der Waals surface area contributed by atoms with Crippen molar-refractivity contribution in [3.8, 4) is 5.75 Å². The Morgan fingerprint density at radius 1 is 1.27 bits per heavy atom. The third-order valence-corrected chi connectivity index (χ3v) is 3.66. The highest BCUT2D eigenvalue weighted by Gasteiger charge is 2.16. The molecule has 142 valence electrons. The van der Waals surface area contributed by atoms with E-state index in [9.17, 15) is 4.79 Å². The second-order valence-electron chi connectivity index (χ2n) is 5.62. The van der Waals surface area contributed by atoms with Gasteiger partial charge in [-0.25, -0.2) is 0 Å². The largest absolute Gasteiger partial charge is 0.487 e. The minimum atomic E-state index is -0.0418. The number of benzene rings is 1. The van der Waals surface area contributed by atoms with E-state index >= 15 is 0 Å². The van der Waals surface area contributed by atoms with Crippen LogP contribution in [0.2, 0.25) is 0 Å². The minimum Gasteiger partial charge on any atom is -0.487 e. The summed E-state index contributed by atoms with van der Waals surface area (Å²) in [6, 6.07) is 13.1. The number of ether oxygens (including phenoxy) is 2. The number of carbonyl (C=O) groups excluding carboxylic acids is 1. The molecule has 0 saturated carbocycles. The average molecular weight is 400 g/mol. The number of amides is 1. The normalized spacial score (nSPS) is 15.9. The molecular formula is C18H23Cl2N3O3. The predicted octanol–water partition coefficient (Wildman–Crippen LogP) is 2.82. The number of carbonyl (C=O) groups is 1. The van der Waals surface area contributed by atoms with Crippen LogP contribution in [0.5, 0.6) is 5.75 Å². The first kappa shape index (κ1) is 22.2. The fourth-order valence-electron chi connectivity index (χ4n) is 2.49. The Bertz CT molecular complexity index is 668. The molecule has 2 N–H and O–H groups in total. The summed E-state index contributed by atoms with van der Waals surface area (Å²) in [6.45, 7) is 2.45. The number of nitrogens with zero attached hydrogens (tertiary/aromatic N) is 1. The highest BCUT2D eigenvalue weighted by Crippen LogP contribution is 2.18. The Hall–Kier alpha value is -1.86. The molecule has 0 radical (unpaired) electrons. The highest BCUT2D eigenvalue weighted by atomic mass is 35.5. The topological polar surface area (TPSA) is 72.5 Å². The van der Waals surface area contributed by atoms with E-state index in [2.05, 4.69) is 15.6 Å². The van der Waals surface area contributed by atoms with Crippen molar-refractivity contribution in [3.63, 3.8) is 0 Å². The molecule has 6 nitrogen and oxygen atoms in total. The Morgan fingerprint density at radius 3 is 2.88 bits per heavy atom. The van der Waals surface area contributed by atoms with Crippen molar-refractivity contribution in [1.29, 1.82) is 0 Å². The smallest absolute Gasteiger partial charge is 0.226 e. The van der Waals surface area contributed by atoms with Gasteiger partial charge in [-0.3, -0.25) is 9.78 Å². The van der Waals surface area contributed by atoms with Crippen LogP contribution in [0.15, 0.2) is 48.7 Å². The standard InChI is InChI=1S/C18H21N3O3.2ClH/c22-18(11-16-12-23-9-8-20-16)21-14-5-3-6-17(10-14)24-13-15-4-1-2-7-19-15;;/h1-7,10,16,20H,8-9,11-13H2,(H,21,22);2*1H. The van der Waals surface area contributed by atoms with E-state index in [0.717, 1.165) is 17.9 Å². The third-order valence-electron chi connectivity index (χ3n) is 3.66. The molecule has 1 aliphatic heterocycles. The number of aromatic nitrogens is 1. The zero-order chi connectivity index (χ0) is 16.6. The van der Waals surface area contributed by atoms with Crippen molar-refractivity contribution in [2.75, 3.05) is 25.1 Å². The lowest BCUT2D eigenvalue weighted by molar-refractivity contribution is -0.117. The van der Waals surface area contributed by atoms with E-state index in [4.69, 9.17) is 9.47 Å². The van der Waals surface area contributed by atoms with E-state index in [1.54, 1.807) is 6.20 Å². The number of halogens is 2. The van der Waals surface area contributed by atoms with Gasteiger partial charge in [0, 0.05) is 37.0 Å². The molecule has 2 heterocycles. The molecule has 0 bridgehead atoms. The molecule has 26 heavy (non-hydrogen) atoms. The Morgan fingerprint density at radius 2 is 2.15 bits per heavy atom. The number of morpholine rings is 1. The molecule has 1 saturated heterocycles. The van der Waals surface area contributed by atoms with E-state index in [0.29, 0.717) is 32.0 Å². The fraction of sp³-hybridized carbons (Fsp3) is 0.333. The number of anilines is 1. The molecule has 1 amide bonds. The molecule has 1 fully saturated rings. The first-order valence-electron chi connectivity index (χ1n) is 8.03. The fourth-order valence-corrected chi connectivity index (χ4v) is 2.49. The molecule has 1 aromatic heterocycles. The molecule has 3 rings (SSSR count). The van der Waals surface area contributed by atoms with Gasteiger partial charge in [-0.05, 0) is 24.3 Å². The summed E-state index contributed by atoms with van der Waals surface area (Å²) in [5.41, 5.74) is 1.57. The molecule has 0 aliphatic carbocycles. The molecule has 0 spiro atoms. The number of rotatable bonds is 6. The van der Waals surface area contributed by atoms with Gasteiger partial charge in [-0.15, -0.1) is 24.8 Å². The summed E-state index contributed by atoms with van der Waals surface area (Å²) in [6.07, 6.45) is 2.12. The van der Waals surface area contributed by atoms with Crippen LogP contribution >= 0.6 is 24.8 Å². The van der Waals surface area contributed by atoms with E-state index in [1.807, 2.05) is 42.5 Å². The minimum absolute atomic E-state index is 0. The van der Waals surface area contributed by atoms with Gasteiger partial charge in [0.05, 0.1) is 18.9 Å². The van der Waals surface area contributed by atoms with Gasteiger partial charge in [-0.2, -0.15) is 0 Å². The van der Waals surface area contributed by atoms with Crippen molar-refractivity contribution in [2.45, 2.75) is 19.1 Å². The number of hydrogen-bond acceptors (Lipinski definition) is 5. The lowest BCUT2D eigenvalue weighted by Gasteiger charge is -2.23. The van der Waals surface area contributed by atoms with Gasteiger partial charge in [0.2, 0.25) is 5.91 Å². The zero-order valence-corrected chi connectivity index (χ0v) is 15.9. The van der Waals surface area contributed by atoms with E-state index in [-0.39, 0.29) is 36.8 Å². The van der Waals surface area contributed by atoms with Crippen LogP contribution in [-0.2, 0) is 16.1 Å². The summed E-state index contributed by atoms with van der Waals surface area (Å²) in [5, 5.41) is 6.17. The SMILES string of the molecule is Cl.Cl.O=C(CC1COCCN1)Nc1cccc(OCc2ccccn2)c1. The van der Waals surface area contributed by atoms with E-state index in [1.165, 1.54) is 0 Å². The predicted molar refractivity (Wildman–Crippen MR) is 105 cm³/mol. The maximum Gasteiger partial charge on any atom is 0.226 e. The quantitative estimate of drug-likeness (QED) is 0.780. The summed E-state index contributed by atoms with van der Waals surface area (Å²) in [5.74, 6) is 0.650. The summed E-state index contributed by atoms with van der Waals surface area (Å²) >= 11 is 0. The van der Waals surface area contributed by atoms with Crippen molar-refractivity contribution in [1.82, 2.24) is 10.3 Å². The van der Waals surface area contributed by atoms with Crippen LogP contribution in [0.3, 0.4) is 0 Å². The van der Waals surface area contributed by atoms with Crippen LogP contribution < -0.4 is 15.4 Å². The van der Waals surface area contributed by atoms with Crippen LogP contribution in [0, 0.1) is 0 Å². The zero-order valence-electron chi connectivity index (χ0n) is 14.2. The Labute approximate surface area is 165 Å². The van der Waals surface area contributed by atoms with Crippen LogP contribution in [0.1, 0.15) is 12.1 Å². The van der Waals surface area contributed by atoms with Crippen molar-refractivity contribution in [3.05, 3.63) is 54.4 Å². The maximum atomic E-state index is 12.1. The molecule has 1 aromatic carbocycles. The van der Waals surface area contributed by atoms with Gasteiger partial charge in [0.25, 0.3) is 0 Å². The number of pyridine rings is 1. The summed E-state index contributed by atoms with van der Waals surface area (Å²) < 4.78 is 11.1. The maximum absolute atomic E-state index is 12.1. The molecule has 8 heteroatoms. The lowest BCUT2D eigenvalue weighted by Crippen LogP contribution is -2.43. The van der Waals surface area contributed by atoms with E-state index < -0.39 is 0 Å². The van der Waals surface area contributed by atoms with Gasteiger partial charge in [0.1, 0.15) is 12.4 Å². The van der Waals surface area contributed by atoms with Crippen LogP contribution in [0.4, 0.5) is 5.69 Å². The third kappa shape index (κ3) is 7.17. The summed E-state index contributed by atoms with van der Waals surface area (Å²) in [4.78, 5) is 16.3. The van der Waals surface area contributed by atoms with Crippen LogP contribution in [-0.4, -0.2) is 36.7 Å². The van der Waals surface area contributed by atoms with Gasteiger partial charge in [0.15, 0.2) is 0 Å². The van der Waals surface area contributed by atoms with Crippen molar-refractivity contribution < 1.29 is 14.3 Å². The van der Waals surface area contributed by atoms with Gasteiger partial charge < -0.3 is 20.1 Å². The molecule has 1 aliphatic rings. The lowest BCUT2D eigenvalue weighted by atomic mass is 10.2.